The lowest BCUT2D eigenvalue weighted by molar-refractivity contribution is 0.254. The molecule has 1 N–H and O–H groups in total. The molecule has 1 rings (SSSR count). The number of hydrogen-bond donors (Lipinski definition) is 1. The van der Waals surface area contributed by atoms with E-state index in [0.29, 0.717) is 6.04 Å². The van der Waals surface area contributed by atoms with E-state index in [1.165, 1.54) is 11.3 Å². The van der Waals surface area contributed by atoms with Gasteiger partial charge in [-0.3, -0.25) is 0 Å². The van der Waals surface area contributed by atoms with Crippen LogP contribution in [0, 0.1) is 0 Å². The van der Waals surface area contributed by atoms with Crippen LogP contribution in [0.5, 0.6) is 0 Å². The van der Waals surface area contributed by atoms with Gasteiger partial charge < -0.3 is 10.2 Å². The van der Waals surface area contributed by atoms with Gasteiger partial charge in [-0.1, -0.05) is 31.9 Å². The molecule has 1 aliphatic rings. The quantitative estimate of drug-likeness (QED) is 0.730. The lowest BCUT2D eigenvalue weighted by atomic mass is 10.0. The van der Waals surface area contributed by atoms with Crippen LogP contribution in [0.15, 0.2) is 60.5 Å². The van der Waals surface area contributed by atoms with Crippen molar-refractivity contribution >= 4 is 0 Å². The third kappa shape index (κ3) is 4.76. The van der Waals surface area contributed by atoms with Crippen molar-refractivity contribution in [3.05, 3.63) is 60.5 Å². The summed E-state index contributed by atoms with van der Waals surface area (Å²) in [6.07, 6.45) is 8.40. The van der Waals surface area contributed by atoms with Crippen LogP contribution in [-0.2, 0) is 0 Å². The van der Waals surface area contributed by atoms with Crippen molar-refractivity contribution in [3.63, 3.8) is 0 Å². The van der Waals surface area contributed by atoms with Crippen molar-refractivity contribution < 1.29 is 0 Å². The Hall–Kier alpha value is -1.70. The summed E-state index contributed by atoms with van der Waals surface area (Å²) in [5.41, 5.74) is 4.51. The molecular formula is C18H28N2. The molecule has 0 radical (unpaired) electrons. The number of nitrogens with zero attached hydrogens (tertiary/aromatic N) is 1. The van der Waals surface area contributed by atoms with E-state index in [1.807, 2.05) is 13.0 Å². The lowest BCUT2D eigenvalue weighted by Crippen LogP contribution is -2.41. The fourth-order valence-electron chi connectivity index (χ4n) is 2.31. The summed E-state index contributed by atoms with van der Waals surface area (Å²) in [7, 11) is 0. The summed E-state index contributed by atoms with van der Waals surface area (Å²) in [4.78, 5) is 2.33. The van der Waals surface area contributed by atoms with Crippen molar-refractivity contribution in [2.24, 2.45) is 0 Å². The molecule has 1 saturated heterocycles. The molecule has 0 aromatic carbocycles. The van der Waals surface area contributed by atoms with Gasteiger partial charge in [0.05, 0.1) is 0 Å². The van der Waals surface area contributed by atoms with E-state index in [9.17, 15) is 0 Å². The second kappa shape index (κ2) is 7.78. The Labute approximate surface area is 124 Å². The summed E-state index contributed by atoms with van der Waals surface area (Å²) < 4.78 is 0. The van der Waals surface area contributed by atoms with Gasteiger partial charge >= 0.3 is 0 Å². The number of hydrogen-bond acceptors (Lipinski definition) is 2. The SMILES string of the molecule is C=C/C(C)=C\C(=C/C)NC1CCN(C(=C)C(=C)C)CC1. The van der Waals surface area contributed by atoms with Crippen LogP contribution in [0.3, 0.4) is 0 Å². The third-order valence-corrected chi connectivity index (χ3v) is 3.76. The minimum absolute atomic E-state index is 0.532. The van der Waals surface area contributed by atoms with Crippen molar-refractivity contribution in [2.75, 3.05) is 13.1 Å². The van der Waals surface area contributed by atoms with Gasteiger partial charge in [-0.2, -0.15) is 0 Å². The Bertz CT molecular complexity index is 432. The minimum atomic E-state index is 0.532. The lowest BCUT2D eigenvalue weighted by Gasteiger charge is -2.35. The van der Waals surface area contributed by atoms with E-state index in [4.69, 9.17) is 0 Å². The fourth-order valence-corrected chi connectivity index (χ4v) is 2.31. The molecule has 1 aliphatic heterocycles. The van der Waals surface area contributed by atoms with Crippen LogP contribution in [-0.4, -0.2) is 24.0 Å². The van der Waals surface area contributed by atoms with E-state index in [-0.39, 0.29) is 0 Å². The minimum Gasteiger partial charge on any atom is -0.382 e. The van der Waals surface area contributed by atoms with Gasteiger partial charge in [0.1, 0.15) is 0 Å². The van der Waals surface area contributed by atoms with E-state index in [0.717, 1.165) is 37.2 Å². The van der Waals surface area contributed by atoms with E-state index in [1.54, 1.807) is 0 Å². The number of allylic oxidation sites excluding steroid dienone is 5. The molecule has 1 fully saturated rings. The Morgan fingerprint density at radius 1 is 1.20 bits per heavy atom. The average molecular weight is 272 g/mol. The molecule has 2 heteroatoms. The van der Waals surface area contributed by atoms with Crippen LogP contribution >= 0.6 is 0 Å². The maximum absolute atomic E-state index is 4.10. The molecule has 110 valence electrons. The van der Waals surface area contributed by atoms with Crippen molar-refractivity contribution in [1.29, 1.82) is 0 Å². The van der Waals surface area contributed by atoms with Crippen molar-refractivity contribution in [2.45, 2.75) is 39.7 Å². The molecule has 0 spiro atoms. The molecule has 0 unspecified atom stereocenters. The van der Waals surface area contributed by atoms with E-state index in [2.05, 4.69) is 56.0 Å². The molecule has 0 atom stereocenters. The van der Waals surface area contributed by atoms with Gasteiger partial charge in [-0.15, -0.1) is 0 Å². The highest BCUT2D eigenvalue weighted by Gasteiger charge is 2.20. The topological polar surface area (TPSA) is 15.3 Å². The number of rotatable bonds is 6. The van der Waals surface area contributed by atoms with E-state index >= 15 is 0 Å². The second-order valence-electron chi connectivity index (χ2n) is 5.47. The smallest absolute Gasteiger partial charge is 0.0316 e. The number of piperidine rings is 1. The van der Waals surface area contributed by atoms with Crippen LogP contribution in [0.2, 0.25) is 0 Å². The summed E-state index contributed by atoms with van der Waals surface area (Å²) in [5, 5.41) is 3.62. The third-order valence-electron chi connectivity index (χ3n) is 3.76. The zero-order valence-corrected chi connectivity index (χ0v) is 13.2. The molecular weight excluding hydrogens is 244 g/mol. The highest BCUT2D eigenvalue weighted by Crippen LogP contribution is 2.19. The molecule has 20 heavy (non-hydrogen) atoms. The zero-order valence-electron chi connectivity index (χ0n) is 13.2. The van der Waals surface area contributed by atoms with Gasteiger partial charge in [-0.05, 0) is 50.8 Å². The highest BCUT2D eigenvalue weighted by atomic mass is 15.2. The molecule has 0 aliphatic carbocycles. The molecule has 0 saturated carbocycles. The molecule has 0 amide bonds. The predicted molar refractivity (Wildman–Crippen MR) is 89.4 cm³/mol. The van der Waals surface area contributed by atoms with Gasteiger partial charge in [-0.25, -0.2) is 0 Å². The summed E-state index contributed by atoms with van der Waals surface area (Å²) in [6, 6.07) is 0.532. The Balaban J connectivity index is 2.52. The monoisotopic (exact) mass is 272 g/mol. The van der Waals surface area contributed by atoms with E-state index < -0.39 is 0 Å². The van der Waals surface area contributed by atoms with Crippen LogP contribution in [0.25, 0.3) is 0 Å². The standard InChI is InChI=1S/C18H28N2/c1-7-15(5)13-17(8-2)19-18-9-11-20(12-10-18)16(6)14(3)4/h7-8,13,18-19H,1,3,6,9-12H2,2,4-5H3/b15-13-,17-8+. The zero-order chi connectivity index (χ0) is 15.1. The Morgan fingerprint density at radius 3 is 2.25 bits per heavy atom. The first-order valence-corrected chi connectivity index (χ1v) is 7.31. The van der Waals surface area contributed by atoms with Gasteiger partial charge in [0.15, 0.2) is 0 Å². The number of likely N-dealkylation sites (tertiary alicyclic amines) is 1. The predicted octanol–water partition coefficient (Wildman–Crippen LogP) is 4.17. The Kier molecular flexibility index (Phi) is 6.37. The summed E-state index contributed by atoms with van der Waals surface area (Å²) >= 11 is 0. The Morgan fingerprint density at radius 2 is 1.80 bits per heavy atom. The first-order valence-electron chi connectivity index (χ1n) is 7.31. The maximum Gasteiger partial charge on any atom is 0.0316 e. The molecule has 0 bridgehead atoms. The maximum atomic E-state index is 4.10. The van der Waals surface area contributed by atoms with Gasteiger partial charge in [0.25, 0.3) is 0 Å². The normalized spacial score (nSPS) is 17.9. The van der Waals surface area contributed by atoms with Crippen LogP contribution in [0.4, 0.5) is 0 Å². The van der Waals surface area contributed by atoms with Crippen LogP contribution < -0.4 is 5.32 Å². The summed E-state index contributed by atoms with van der Waals surface area (Å²) in [6.45, 7) is 20.1. The largest absolute Gasteiger partial charge is 0.382 e. The fraction of sp³-hybridized carbons (Fsp3) is 0.444. The average Bonchev–Trinajstić information content (AvgIpc) is 2.46. The van der Waals surface area contributed by atoms with Gasteiger partial charge in [0.2, 0.25) is 0 Å². The second-order valence-corrected chi connectivity index (χ2v) is 5.47. The van der Waals surface area contributed by atoms with Crippen molar-refractivity contribution in [3.8, 4) is 0 Å². The molecule has 0 aromatic rings. The molecule has 2 nitrogen and oxygen atoms in total. The highest BCUT2D eigenvalue weighted by molar-refractivity contribution is 5.27. The van der Waals surface area contributed by atoms with Crippen molar-refractivity contribution in [1.82, 2.24) is 10.2 Å². The molecule has 0 aromatic heterocycles. The summed E-state index contributed by atoms with van der Waals surface area (Å²) in [5.74, 6) is 0. The first kappa shape index (κ1) is 16.4. The number of nitrogens with one attached hydrogen (secondary N) is 1. The first-order chi connectivity index (χ1) is 9.47. The van der Waals surface area contributed by atoms with Crippen LogP contribution in [0.1, 0.15) is 33.6 Å². The van der Waals surface area contributed by atoms with Gasteiger partial charge in [0, 0.05) is 30.5 Å². The molecule has 1 heterocycles.